The van der Waals surface area contributed by atoms with E-state index in [2.05, 4.69) is 5.32 Å². The summed E-state index contributed by atoms with van der Waals surface area (Å²) in [7, 11) is 3.10. The van der Waals surface area contributed by atoms with Gasteiger partial charge in [-0.05, 0) is 30.3 Å². The molecule has 1 heterocycles. The van der Waals surface area contributed by atoms with E-state index in [1.807, 2.05) is 0 Å². The lowest BCUT2D eigenvalue weighted by molar-refractivity contribution is 0.102. The van der Waals surface area contributed by atoms with Crippen molar-refractivity contribution in [2.24, 2.45) is 0 Å². The van der Waals surface area contributed by atoms with Crippen molar-refractivity contribution < 1.29 is 23.7 Å². The second kappa shape index (κ2) is 5.85. The van der Waals surface area contributed by atoms with Gasteiger partial charge in [-0.3, -0.25) is 4.79 Å². The predicted octanol–water partition coefficient (Wildman–Crippen LogP) is 2.68. The van der Waals surface area contributed by atoms with E-state index in [0.717, 1.165) is 0 Å². The van der Waals surface area contributed by atoms with E-state index in [4.69, 9.17) is 18.9 Å². The summed E-state index contributed by atoms with van der Waals surface area (Å²) >= 11 is 0. The van der Waals surface area contributed by atoms with Gasteiger partial charge in [-0.1, -0.05) is 0 Å². The van der Waals surface area contributed by atoms with Crippen LogP contribution in [0.3, 0.4) is 0 Å². The van der Waals surface area contributed by atoms with Crippen molar-refractivity contribution in [3.8, 4) is 23.0 Å². The molecule has 0 fully saturated rings. The highest BCUT2D eigenvalue weighted by atomic mass is 16.7. The molecule has 1 aliphatic rings. The number of ether oxygens (including phenoxy) is 4. The molecule has 0 radical (unpaired) electrons. The Morgan fingerprint density at radius 3 is 2.55 bits per heavy atom. The van der Waals surface area contributed by atoms with Crippen molar-refractivity contribution in [1.29, 1.82) is 0 Å². The second-order valence-corrected chi connectivity index (χ2v) is 4.59. The van der Waals surface area contributed by atoms with Crippen LogP contribution in [0.25, 0.3) is 0 Å². The monoisotopic (exact) mass is 301 g/mol. The molecule has 6 nitrogen and oxygen atoms in total. The SMILES string of the molecule is COc1ccc(NC(=O)c2ccc3c(c2)OCO3)cc1OC. The molecule has 0 bridgehead atoms. The maximum Gasteiger partial charge on any atom is 0.255 e. The number of amides is 1. The van der Waals surface area contributed by atoms with E-state index >= 15 is 0 Å². The molecule has 1 N–H and O–H groups in total. The molecule has 22 heavy (non-hydrogen) atoms. The third kappa shape index (κ3) is 2.63. The average molecular weight is 301 g/mol. The van der Waals surface area contributed by atoms with Crippen LogP contribution in [0, 0.1) is 0 Å². The van der Waals surface area contributed by atoms with Gasteiger partial charge >= 0.3 is 0 Å². The second-order valence-electron chi connectivity index (χ2n) is 4.59. The summed E-state index contributed by atoms with van der Waals surface area (Å²) in [6.07, 6.45) is 0. The summed E-state index contributed by atoms with van der Waals surface area (Å²) in [5, 5.41) is 2.80. The van der Waals surface area contributed by atoms with Gasteiger partial charge in [0.05, 0.1) is 14.2 Å². The molecule has 1 aliphatic heterocycles. The summed E-state index contributed by atoms with van der Waals surface area (Å²) in [4.78, 5) is 12.3. The Balaban J connectivity index is 1.79. The number of hydrogen-bond donors (Lipinski definition) is 1. The minimum absolute atomic E-state index is 0.177. The number of fused-ring (bicyclic) bond motifs is 1. The van der Waals surface area contributed by atoms with Gasteiger partial charge in [0.25, 0.3) is 5.91 Å². The van der Waals surface area contributed by atoms with Crippen LogP contribution in [-0.2, 0) is 0 Å². The Morgan fingerprint density at radius 1 is 1.00 bits per heavy atom. The predicted molar refractivity (Wildman–Crippen MR) is 80.1 cm³/mol. The van der Waals surface area contributed by atoms with Gasteiger partial charge in [0, 0.05) is 17.3 Å². The molecule has 0 aromatic heterocycles. The first-order chi connectivity index (χ1) is 10.7. The number of benzene rings is 2. The molecule has 0 saturated carbocycles. The molecule has 6 heteroatoms. The van der Waals surface area contributed by atoms with Crippen molar-refractivity contribution >= 4 is 11.6 Å². The van der Waals surface area contributed by atoms with Crippen molar-refractivity contribution in [3.05, 3.63) is 42.0 Å². The smallest absolute Gasteiger partial charge is 0.255 e. The van der Waals surface area contributed by atoms with Crippen molar-refractivity contribution in [2.45, 2.75) is 0 Å². The largest absolute Gasteiger partial charge is 0.493 e. The standard InChI is InChI=1S/C16H15NO5/c1-19-12-6-4-11(8-14(12)20-2)17-16(18)10-3-5-13-15(7-10)22-9-21-13/h3-8H,9H2,1-2H3,(H,17,18). The van der Waals surface area contributed by atoms with Crippen LogP contribution in [0.15, 0.2) is 36.4 Å². The van der Waals surface area contributed by atoms with E-state index in [9.17, 15) is 4.79 Å². The fraction of sp³-hybridized carbons (Fsp3) is 0.188. The minimum atomic E-state index is -0.245. The Bertz CT molecular complexity index is 714. The Morgan fingerprint density at radius 2 is 1.77 bits per heavy atom. The maximum absolute atomic E-state index is 12.3. The van der Waals surface area contributed by atoms with Crippen LogP contribution in [-0.4, -0.2) is 26.9 Å². The molecule has 3 rings (SSSR count). The van der Waals surface area contributed by atoms with E-state index in [-0.39, 0.29) is 12.7 Å². The van der Waals surface area contributed by atoms with Gasteiger partial charge in [0.15, 0.2) is 23.0 Å². The van der Waals surface area contributed by atoms with Crippen LogP contribution < -0.4 is 24.3 Å². The number of methoxy groups -OCH3 is 2. The van der Waals surface area contributed by atoms with Crippen LogP contribution in [0.5, 0.6) is 23.0 Å². The highest BCUT2D eigenvalue weighted by Gasteiger charge is 2.16. The molecule has 2 aromatic carbocycles. The summed E-state index contributed by atoms with van der Waals surface area (Å²) in [6, 6.07) is 10.2. The first-order valence-corrected chi connectivity index (χ1v) is 6.64. The quantitative estimate of drug-likeness (QED) is 0.940. The molecule has 0 unspecified atom stereocenters. The van der Waals surface area contributed by atoms with Crippen molar-refractivity contribution in [2.75, 3.05) is 26.3 Å². The maximum atomic E-state index is 12.3. The summed E-state index contributed by atoms with van der Waals surface area (Å²) in [5.74, 6) is 2.11. The van der Waals surface area contributed by atoms with Crippen LogP contribution in [0.2, 0.25) is 0 Å². The van der Waals surface area contributed by atoms with Crippen molar-refractivity contribution in [3.63, 3.8) is 0 Å². The first-order valence-electron chi connectivity index (χ1n) is 6.64. The van der Waals surface area contributed by atoms with Gasteiger partial charge < -0.3 is 24.3 Å². The van der Waals surface area contributed by atoms with E-state index in [1.54, 1.807) is 50.6 Å². The topological polar surface area (TPSA) is 66.0 Å². The van der Waals surface area contributed by atoms with Gasteiger partial charge in [-0.15, -0.1) is 0 Å². The summed E-state index contributed by atoms with van der Waals surface area (Å²) in [6.45, 7) is 0.177. The lowest BCUT2D eigenvalue weighted by Gasteiger charge is -2.10. The molecule has 1 amide bonds. The molecular formula is C16H15NO5. The lowest BCUT2D eigenvalue weighted by atomic mass is 10.2. The van der Waals surface area contributed by atoms with Gasteiger partial charge in [-0.2, -0.15) is 0 Å². The fourth-order valence-electron chi connectivity index (χ4n) is 2.16. The molecule has 2 aromatic rings. The highest BCUT2D eigenvalue weighted by molar-refractivity contribution is 6.04. The third-order valence-corrected chi connectivity index (χ3v) is 3.28. The van der Waals surface area contributed by atoms with Gasteiger partial charge in [0.1, 0.15) is 0 Å². The summed E-state index contributed by atoms with van der Waals surface area (Å²) < 4.78 is 20.9. The average Bonchev–Trinajstić information content (AvgIpc) is 3.02. The minimum Gasteiger partial charge on any atom is -0.493 e. The summed E-state index contributed by atoms with van der Waals surface area (Å²) in [5.41, 5.74) is 1.10. The number of anilines is 1. The lowest BCUT2D eigenvalue weighted by Crippen LogP contribution is -2.11. The van der Waals surface area contributed by atoms with E-state index in [1.165, 1.54) is 0 Å². The number of rotatable bonds is 4. The molecule has 0 saturated heterocycles. The zero-order valence-corrected chi connectivity index (χ0v) is 12.2. The van der Waals surface area contributed by atoms with Crippen molar-refractivity contribution in [1.82, 2.24) is 0 Å². The number of carbonyl (C=O) groups is 1. The van der Waals surface area contributed by atoms with Crippen LogP contribution >= 0.6 is 0 Å². The zero-order valence-electron chi connectivity index (χ0n) is 12.2. The van der Waals surface area contributed by atoms with E-state index in [0.29, 0.717) is 34.2 Å². The Labute approximate surface area is 127 Å². The fourth-order valence-corrected chi connectivity index (χ4v) is 2.16. The molecule has 0 spiro atoms. The number of hydrogen-bond acceptors (Lipinski definition) is 5. The third-order valence-electron chi connectivity index (χ3n) is 3.28. The van der Waals surface area contributed by atoms with E-state index < -0.39 is 0 Å². The zero-order chi connectivity index (χ0) is 15.5. The highest BCUT2D eigenvalue weighted by Crippen LogP contribution is 2.33. The number of nitrogens with one attached hydrogen (secondary N) is 1. The molecular weight excluding hydrogens is 286 g/mol. The van der Waals surface area contributed by atoms with Crippen LogP contribution in [0.1, 0.15) is 10.4 Å². The van der Waals surface area contributed by atoms with Gasteiger partial charge in [0.2, 0.25) is 6.79 Å². The molecule has 0 aliphatic carbocycles. The Hall–Kier alpha value is -2.89. The van der Waals surface area contributed by atoms with Crippen LogP contribution in [0.4, 0.5) is 5.69 Å². The molecule has 0 atom stereocenters. The molecule has 114 valence electrons. The first kappa shape index (κ1) is 14.1. The van der Waals surface area contributed by atoms with Gasteiger partial charge in [-0.25, -0.2) is 0 Å². The Kier molecular flexibility index (Phi) is 3.74. The normalized spacial score (nSPS) is 11.9. The number of carbonyl (C=O) groups excluding carboxylic acids is 1.